The van der Waals surface area contributed by atoms with Crippen LogP contribution in [0.25, 0.3) is 0 Å². The second-order valence-electron chi connectivity index (χ2n) is 16.1. The molecule has 4 rings (SSSR count). The molecule has 10 nitrogen and oxygen atoms in total. The number of carbonyl (C=O) groups is 2. The lowest BCUT2D eigenvalue weighted by Gasteiger charge is -2.28. The fraction of sp³-hybridized carbons (Fsp3) is 0.458. The predicted molar refractivity (Wildman–Crippen MR) is 240 cm³/mol. The number of carboxylic acids is 1. The Hall–Kier alpha value is -4.36. The number of sulfonamides is 2. The first-order chi connectivity index (χ1) is 28.5. The van der Waals surface area contributed by atoms with Crippen molar-refractivity contribution in [2.45, 2.75) is 121 Å². The molecule has 60 heavy (non-hydrogen) atoms. The Morgan fingerprint density at radius 2 is 0.950 bits per heavy atom. The summed E-state index contributed by atoms with van der Waals surface area (Å²) in [5, 5.41) is 11.7. The number of nitrogens with one attached hydrogen (secondary N) is 1. The van der Waals surface area contributed by atoms with Gasteiger partial charge in [0.25, 0.3) is 0 Å². The summed E-state index contributed by atoms with van der Waals surface area (Å²) in [7, 11) is -7.86. The van der Waals surface area contributed by atoms with E-state index < -0.39 is 26.0 Å². The van der Waals surface area contributed by atoms with Crippen molar-refractivity contribution in [3.63, 3.8) is 0 Å². The molecule has 0 aromatic heterocycles. The molecule has 326 valence electrons. The summed E-state index contributed by atoms with van der Waals surface area (Å²) in [5.41, 5.74) is 6.92. The number of aryl methyl sites for hydroxylation is 6. The molecule has 4 aromatic rings. The van der Waals surface area contributed by atoms with Crippen molar-refractivity contribution >= 4 is 31.9 Å². The van der Waals surface area contributed by atoms with Gasteiger partial charge < -0.3 is 10.4 Å². The van der Waals surface area contributed by atoms with E-state index in [-0.39, 0.29) is 49.3 Å². The molecule has 0 aliphatic rings. The summed E-state index contributed by atoms with van der Waals surface area (Å²) in [5.74, 6) is -0.965. The van der Waals surface area contributed by atoms with Crippen molar-refractivity contribution in [3.8, 4) is 0 Å². The predicted octanol–water partition coefficient (Wildman–Crippen LogP) is 9.15. The van der Waals surface area contributed by atoms with Crippen molar-refractivity contribution in [2.75, 3.05) is 32.7 Å². The molecule has 0 radical (unpaired) electrons. The topological polar surface area (TPSA) is 141 Å². The lowest BCUT2D eigenvalue weighted by Crippen LogP contribution is -2.37. The van der Waals surface area contributed by atoms with Gasteiger partial charge in [-0.25, -0.2) is 16.8 Å². The van der Waals surface area contributed by atoms with Crippen LogP contribution in [0.2, 0.25) is 0 Å². The third kappa shape index (κ3) is 13.8. The standard InChI is InChI=1S/C48H65N3O7S2/c1-36-32-38(3)47(39(4)33-36)59(55,56)50(30-19-27-49-45(52)24-15-7-8-16-25-46(53)54)28-17-18-29-51(60(57,58)48-40(5)34-37(2)35-41(48)6)31-26-44(42-20-11-9-12-21-42)43-22-13-10-14-23-43/h9-14,20-23,32-35,44H,7-8,15-19,24-31H2,1-6H3,(H,49,52)(H,53,54). The monoisotopic (exact) mass is 859 g/mol. The van der Waals surface area contributed by atoms with E-state index in [4.69, 9.17) is 5.11 Å². The quantitative estimate of drug-likeness (QED) is 0.0634. The molecule has 0 aliphatic heterocycles. The van der Waals surface area contributed by atoms with E-state index in [0.29, 0.717) is 78.6 Å². The number of rotatable bonds is 25. The molecular formula is C48H65N3O7S2. The van der Waals surface area contributed by atoms with Crippen LogP contribution in [-0.2, 0) is 29.6 Å². The second kappa shape index (κ2) is 23.0. The van der Waals surface area contributed by atoms with Gasteiger partial charge in [0.1, 0.15) is 0 Å². The van der Waals surface area contributed by atoms with E-state index in [1.54, 1.807) is 4.31 Å². The number of aliphatic carboxylic acids is 1. The molecule has 4 aromatic carbocycles. The molecule has 0 saturated heterocycles. The van der Waals surface area contributed by atoms with Gasteiger partial charge >= 0.3 is 5.97 Å². The number of carbonyl (C=O) groups excluding carboxylic acids is 1. The molecule has 0 fully saturated rings. The number of benzene rings is 4. The largest absolute Gasteiger partial charge is 0.481 e. The van der Waals surface area contributed by atoms with Crippen LogP contribution in [0.1, 0.15) is 115 Å². The van der Waals surface area contributed by atoms with Gasteiger partial charge in [0.05, 0.1) is 9.79 Å². The first-order valence-corrected chi connectivity index (χ1v) is 24.1. The lowest BCUT2D eigenvalue weighted by atomic mass is 9.88. The highest BCUT2D eigenvalue weighted by molar-refractivity contribution is 7.89. The van der Waals surface area contributed by atoms with Crippen molar-refractivity contribution < 1.29 is 31.5 Å². The first kappa shape index (κ1) is 48.3. The molecule has 1 amide bonds. The van der Waals surface area contributed by atoms with Crippen LogP contribution in [0.4, 0.5) is 0 Å². The first-order valence-electron chi connectivity index (χ1n) is 21.3. The smallest absolute Gasteiger partial charge is 0.303 e. The van der Waals surface area contributed by atoms with Crippen molar-refractivity contribution in [1.82, 2.24) is 13.9 Å². The Balaban J connectivity index is 1.52. The molecular weight excluding hydrogens is 795 g/mol. The van der Waals surface area contributed by atoms with Crippen LogP contribution in [0, 0.1) is 41.5 Å². The zero-order valence-electron chi connectivity index (χ0n) is 36.4. The Labute approximate surface area is 359 Å². The molecule has 12 heteroatoms. The molecule has 2 N–H and O–H groups in total. The molecule has 0 heterocycles. The maximum absolute atomic E-state index is 14.7. The molecule has 0 bridgehead atoms. The zero-order chi connectivity index (χ0) is 43.9. The van der Waals surface area contributed by atoms with Crippen molar-refractivity contribution in [3.05, 3.63) is 129 Å². The lowest BCUT2D eigenvalue weighted by molar-refractivity contribution is -0.137. The van der Waals surface area contributed by atoms with Gasteiger partial charge in [-0.05, 0) is 113 Å². The van der Waals surface area contributed by atoms with Crippen LogP contribution in [0.5, 0.6) is 0 Å². The highest BCUT2D eigenvalue weighted by Crippen LogP contribution is 2.32. The second-order valence-corrected chi connectivity index (χ2v) is 19.9. The van der Waals surface area contributed by atoms with Crippen molar-refractivity contribution in [2.24, 2.45) is 0 Å². The van der Waals surface area contributed by atoms with E-state index in [0.717, 1.165) is 35.1 Å². The average Bonchev–Trinajstić information content (AvgIpc) is 3.17. The van der Waals surface area contributed by atoms with E-state index in [9.17, 15) is 26.4 Å². The van der Waals surface area contributed by atoms with Crippen molar-refractivity contribution in [1.29, 1.82) is 0 Å². The highest BCUT2D eigenvalue weighted by atomic mass is 32.2. The summed E-state index contributed by atoms with van der Waals surface area (Å²) in [6.07, 6.45) is 5.04. The highest BCUT2D eigenvalue weighted by Gasteiger charge is 2.31. The van der Waals surface area contributed by atoms with Crippen LogP contribution in [0.15, 0.2) is 94.7 Å². The third-order valence-electron chi connectivity index (χ3n) is 11.0. The maximum Gasteiger partial charge on any atom is 0.303 e. The summed E-state index contributed by atoms with van der Waals surface area (Å²) >= 11 is 0. The minimum atomic E-state index is -3.93. The Kier molecular flexibility index (Phi) is 18.5. The van der Waals surface area contributed by atoms with E-state index in [1.165, 1.54) is 4.31 Å². The number of hydrogen-bond donors (Lipinski definition) is 2. The fourth-order valence-corrected chi connectivity index (χ4v) is 12.2. The Bertz CT molecular complexity index is 2160. The number of unbranched alkanes of at least 4 members (excludes halogenated alkanes) is 4. The number of carboxylic acid groups (broad SMARTS) is 1. The average molecular weight is 860 g/mol. The van der Waals surface area contributed by atoms with E-state index in [2.05, 4.69) is 29.6 Å². The van der Waals surface area contributed by atoms with Gasteiger partial charge in [-0.3, -0.25) is 9.59 Å². The normalized spacial score (nSPS) is 12.1. The third-order valence-corrected chi connectivity index (χ3v) is 15.4. The summed E-state index contributed by atoms with van der Waals surface area (Å²) in [6.45, 7) is 12.4. The summed E-state index contributed by atoms with van der Waals surface area (Å²) < 4.78 is 61.2. The minimum Gasteiger partial charge on any atom is -0.481 e. The molecule has 0 atom stereocenters. The van der Waals surface area contributed by atoms with E-state index in [1.807, 2.05) is 102 Å². The van der Waals surface area contributed by atoms with Gasteiger partial charge in [-0.2, -0.15) is 8.61 Å². The van der Waals surface area contributed by atoms with Crippen LogP contribution >= 0.6 is 0 Å². The zero-order valence-corrected chi connectivity index (χ0v) is 38.0. The molecule has 0 spiro atoms. The summed E-state index contributed by atoms with van der Waals surface area (Å²) in [6, 6.07) is 27.8. The van der Waals surface area contributed by atoms with Crippen LogP contribution in [0.3, 0.4) is 0 Å². The summed E-state index contributed by atoms with van der Waals surface area (Å²) in [4.78, 5) is 23.9. The van der Waals surface area contributed by atoms with Crippen LogP contribution in [-0.4, -0.2) is 75.2 Å². The molecule has 0 aliphatic carbocycles. The van der Waals surface area contributed by atoms with Crippen LogP contribution < -0.4 is 5.32 Å². The van der Waals surface area contributed by atoms with Gasteiger partial charge in [-0.1, -0.05) is 109 Å². The Morgan fingerprint density at radius 1 is 0.550 bits per heavy atom. The maximum atomic E-state index is 14.7. The van der Waals surface area contributed by atoms with Gasteiger partial charge in [0.2, 0.25) is 26.0 Å². The van der Waals surface area contributed by atoms with Gasteiger partial charge in [-0.15, -0.1) is 0 Å². The number of nitrogens with zero attached hydrogens (tertiary/aromatic N) is 2. The molecule has 0 unspecified atom stereocenters. The van der Waals surface area contributed by atoms with E-state index >= 15 is 0 Å². The minimum absolute atomic E-state index is 0.0313. The Morgan fingerprint density at radius 3 is 1.38 bits per heavy atom. The number of amides is 1. The number of hydrogen-bond acceptors (Lipinski definition) is 6. The van der Waals surface area contributed by atoms with Gasteiger partial charge in [0, 0.05) is 51.5 Å². The SMILES string of the molecule is Cc1cc(C)c(S(=O)(=O)N(CCCCN(CCC(c2ccccc2)c2ccccc2)S(=O)(=O)c2c(C)cc(C)cc2C)CCCNC(=O)CCCCCCC(=O)O)c(C)c1. The fourth-order valence-electron chi connectivity index (χ4n) is 8.34. The molecule has 0 saturated carbocycles. The van der Waals surface area contributed by atoms with Gasteiger partial charge in [0.15, 0.2) is 0 Å².